The Hall–Kier alpha value is -1.06. The fraction of sp³-hybridized carbons (Fsp3) is 0.818. The van der Waals surface area contributed by atoms with Gasteiger partial charge in [-0.2, -0.15) is 0 Å². The zero-order valence-electron chi connectivity index (χ0n) is 8.82. The number of rotatable bonds is 2. The number of nitrogens with zero attached hydrogens (tertiary/aromatic N) is 1. The average molecular weight is 209 g/mol. The van der Waals surface area contributed by atoms with Gasteiger partial charge in [-0.05, 0) is 30.6 Å². The first-order chi connectivity index (χ1) is 6.97. The van der Waals surface area contributed by atoms with Crippen LogP contribution in [0.5, 0.6) is 0 Å². The van der Waals surface area contributed by atoms with E-state index in [1.807, 2.05) is 4.90 Å². The lowest BCUT2D eigenvalue weighted by Gasteiger charge is -2.73. The first kappa shape index (κ1) is 9.19. The normalized spacial score (nSPS) is 42.6. The molecule has 0 aromatic heterocycles. The van der Waals surface area contributed by atoms with Crippen LogP contribution in [-0.4, -0.2) is 35.0 Å². The minimum Gasteiger partial charge on any atom is -0.481 e. The molecule has 15 heavy (non-hydrogen) atoms. The van der Waals surface area contributed by atoms with E-state index in [1.54, 1.807) is 6.92 Å². The Bertz CT molecular complexity index is 337. The predicted molar refractivity (Wildman–Crippen MR) is 52.1 cm³/mol. The van der Waals surface area contributed by atoms with Gasteiger partial charge in [0.25, 0.3) is 0 Å². The molecule has 4 rings (SSSR count). The molecule has 1 aliphatic heterocycles. The van der Waals surface area contributed by atoms with Crippen molar-refractivity contribution in [1.29, 1.82) is 0 Å². The summed E-state index contributed by atoms with van der Waals surface area (Å²) in [5.41, 5.74) is -0.0685. The second-order valence-electron chi connectivity index (χ2n) is 5.60. The van der Waals surface area contributed by atoms with Gasteiger partial charge in [-0.1, -0.05) is 0 Å². The largest absolute Gasteiger partial charge is 0.481 e. The molecule has 0 atom stereocenters. The topological polar surface area (TPSA) is 57.6 Å². The van der Waals surface area contributed by atoms with Gasteiger partial charge in [0.2, 0.25) is 5.91 Å². The fourth-order valence-corrected chi connectivity index (χ4v) is 3.65. The number of carbonyl (C=O) groups is 2. The van der Waals surface area contributed by atoms with Crippen LogP contribution in [0.2, 0.25) is 0 Å². The molecular weight excluding hydrogens is 194 g/mol. The van der Waals surface area contributed by atoms with Crippen LogP contribution in [0.1, 0.15) is 26.2 Å². The molecule has 2 bridgehead atoms. The summed E-state index contributed by atoms with van der Waals surface area (Å²) >= 11 is 0. The molecule has 0 aromatic carbocycles. The van der Waals surface area contributed by atoms with Crippen LogP contribution >= 0.6 is 0 Å². The van der Waals surface area contributed by atoms with Crippen LogP contribution in [-0.2, 0) is 9.59 Å². The monoisotopic (exact) mass is 209 g/mol. The highest BCUT2D eigenvalue weighted by atomic mass is 16.4. The van der Waals surface area contributed by atoms with Crippen molar-refractivity contribution in [3.63, 3.8) is 0 Å². The van der Waals surface area contributed by atoms with Crippen molar-refractivity contribution in [2.75, 3.05) is 13.1 Å². The Morgan fingerprint density at radius 2 is 1.80 bits per heavy atom. The molecule has 4 heteroatoms. The predicted octanol–water partition coefficient (Wildman–Crippen LogP) is 0.720. The van der Waals surface area contributed by atoms with E-state index in [0.717, 1.165) is 32.4 Å². The molecule has 1 N–H and O–H groups in total. The molecular formula is C11H15NO3. The lowest BCUT2D eigenvalue weighted by atomic mass is 9.31. The number of hydrogen-bond acceptors (Lipinski definition) is 2. The van der Waals surface area contributed by atoms with Crippen LogP contribution in [0.25, 0.3) is 0 Å². The van der Waals surface area contributed by atoms with Crippen LogP contribution in [0.4, 0.5) is 0 Å². The first-order valence-electron chi connectivity index (χ1n) is 5.46. The molecule has 0 spiro atoms. The summed E-state index contributed by atoms with van der Waals surface area (Å²) in [7, 11) is 0. The van der Waals surface area contributed by atoms with E-state index >= 15 is 0 Å². The molecule has 1 amide bonds. The number of carboxylic acids is 1. The van der Waals surface area contributed by atoms with Crippen LogP contribution in [0.15, 0.2) is 0 Å². The second kappa shape index (κ2) is 2.36. The Balaban J connectivity index is 1.58. The Labute approximate surface area is 88.2 Å². The summed E-state index contributed by atoms with van der Waals surface area (Å²) in [6.07, 6.45) is 2.56. The van der Waals surface area contributed by atoms with Crippen LogP contribution in [0, 0.1) is 16.7 Å². The van der Waals surface area contributed by atoms with Crippen molar-refractivity contribution < 1.29 is 14.7 Å². The van der Waals surface area contributed by atoms with Gasteiger partial charge in [0.1, 0.15) is 0 Å². The Morgan fingerprint density at radius 1 is 1.27 bits per heavy atom. The van der Waals surface area contributed by atoms with E-state index < -0.39 is 5.97 Å². The lowest BCUT2D eigenvalue weighted by molar-refractivity contribution is -0.258. The van der Waals surface area contributed by atoms with Gasteiger partial charge in [0.15, 0.2) is 0 Å². The zero-order valence-corrected chi connectivity index (χ0v) is 8.82. The number of aliphatic carboxylic acids is 1. The summed E-state index contributed by atoms with van der Waals surface area (Å²) in [4.78, 5) is 23.8. The van der Waals surface area contributed by atoms with Gasteiger partial charge >= 0.3 is 5.97 Å². The Morgan fingerprint density at radius 3 is 2.20 bits per heavy atom. The number of hydrogen-bond donors (Lipinski definition) is 1. The zero-order chi connectivity index (χ0) is 10.8. The first-order valence-corrected chi connectivity index (χ1v) is 5.46. The van der Waals surface area contributed by atoms with E-state index in [9.17, 15) is 9.59 Å². The van der Waals surface area contributed by atoms with Gasteiger partial charge in [-0.25, -0.2) is 0 Å². The van der Waals surface area contributed by atoms with E-state index in [0.29, 0.717) is 11.3 Å². The van der Waals surface area contributed by atoms with Crippen molar-refractivity contribution in [3.8, 4) is 0 Å². The smallest absolute Gasteiger partial charge is 0.309 e. The van der Waals surface area contributed by atoms with Crippen molar-refractivity contribution in [2.24, 2.45) is 16.7 Å². The summed E-state index contributed by atoms with van der Waals surface area (Å²) in [5.74, 6) is 0.0977. The molecule has 4 nitrogen and oxygen atoms in total. The van der Waals surface area contributed by atoms with Gasteiger partial charge in [0.05, 0.1) is 5.41 Å². The summed E-state index contributed by atoms with van der Waals surface area (Å²) in [6, 6.07) is 0. The van der Waals surface area contributed by atoms with E-state index in [2.05, 4.69) is 0 Å². The molecule has 0 radical (unpaired) electrons. The van der Waals surface area contributed by atoms with Crippen molar-refractivity contribution in [1.82, 2.24) is 4.90 Å². The SMILES string of the molecule is CC(=O)N1CC(C23CC(C(=O)O)(C2)C3)C1. The Kier molecular flexibility index (Phi) is 1.45. The van der Waals surface area contributed by atoms with Gasteiger partial charge < -0.3 is 10.0 Å². The third-order valence-electron chi connectivity index (χ3n) is 4.72. The number of carbonyl (C=O) groups excluding carboxylic acids is 1. The fourth-order valence-electron chi connectivity index (χ4n) is 3.65. The van der Waals surface area contributed by atoms with Crippen molar-refractivity contribution in [2.45, 2.75) is 26.2 Å². The molecule has 4 fully saturated rings. The average Bonchev–Trinajstić information content (AvgIpc) is 1.85. The molecule has 1 heterocycles. The van der Waals surface area contributed by atoms with E-state index in [4.69, 9.17) is 5.11 Å². The van der Waals surface area contributed by atoms with E-state index in [-0.39, 0.29) is 11.3 Å². The number of likely N-dealkylation sites (tertiary alicyclic amines) is 1. The second-order valence-corrected chi connectivity index (χ2v) is 5.60. The number of amides is 1. The molecule has 0 aromatic rings. The number of carboxylic acid groups (broad SMARTS) is 1. The van der Waals surface area contributed by atoms with Crippen LogP contribution in [0.3, 0.4) is 0 Å². The highest BCUT2D eigenvalue weighted by molar-refractivity contribution is 5.79. The quantitative estimate of drug-likeness (QED) is 0.729. The highest BCUT2D eigenvalue weighted by Gasteiger charge is 2.75. The maximum absolute atomic E-state index is 11.0. The van der Waals surface area contributed by atoms with Crippen molar-refractivity contribution in [3.05, 3.63) is 0 Å². The molecule has 0 unspecified atom stereocenters. The summed E-state index contributed by atoms with van der Waals surface area (Å²) in [5, 5.41) is 8.99. The van der Waals surface area contributed by atoms with Gasteiger partial charge in [-0.15, -0.1) is 0 Å². The molecule has 4 aliphatic rings. The standard InChI is InChI=1S/C11H15NO3/c1-7(13)12-2-8(3-12)10-4-11(5-10,6-10)9(14)15/h8H,2-6H2,1H3,(H,14,15). The molecule has 1 saturated heterocycles. The lowest BCUT2D eigenvalue weighted by Crippen LogP contribution is -2.73. The molecule has 82 valence electrons. The maximum Gasteiger partial charge on any atom is 0.309 e. The molecule has 3 aliphatic carbocycles. The third kappa shape index (κ3) is 0.924. The summed E-state index contributed by atoms with van der Waals surface area (Å²) in [6.45, 7) is 3.30. The summed E-state index contributed by atoms with van der Waals surface area (Å²) < 4.78 is 0. The highest BCUT2D eigenvalue weighted by Crippen LogP contribution is 2.77. The van der Waals surface area contributed by atoms with Crippen molar-refractivity contribution >= 4 is 11.9 Å². The van der Waals surface area contributed by atoms with E-state index in [1.165, 1.54) is 0 Å². The van der Waals surface area contributed by atoms with Gasteiger partial charge in [-0.3, -0.25) is 9.59 Å². The van der Waals surface area contributed by atoms with Gasteiger partial charge in [0, 0.05) is 20.0 Å². The van der Waals surface area contributed by atoms with Crippen LogP contribution < -0.4 is 0 Å². The molecule has 3 saturated carbocycles. The third-order valence-corrected chi connectivity index (χ3v) is 4.72. The minimum atomic E-state index is -0.618. The maximum atomic E-state index is 11.0. The minimum absolute atomic E-state index is 0.144.